The van der Waals surface area contributed by atoms with Crippen LogP contribution in [0.2, 0.25) is 0 Å². The minimum absolute atomic E-state index is 0.0180. The number of hydrogen-bond donors (Lipinski definition) is 5. The zero-order chi connectivity index (χ0) is 34.4. The molecule has 11 atom stereocenters. The van der Waals surface area contributed by atoms with Gasteiger partial charge < -0.3 is 39.3 Å². The van der Waals surface area contributed by atoms with Crippen LogP contribution in [0.3, 0.4) is 0 Å². The van der Waals surface area contributed by atoms with E-state index in [0.29, 0.717) is 5.41 Å². The predicted molar refractivity (Wildman–Crippen MR) is 180 cm³/mol. The third kappa shape index (κ3) is 10.6. The second-order valence-electron chi connectivity index (χ2n) is 16.3. The summed E-state index contributed by atoms with van der Waals surface area (Å²) in [4.78, 5) is 17.3. The van der Waals surface area contributed by atoms with Crippen molar-refractivity contribution in [3.63, 3.8) is 0 Å². The van der Waals surface area contributed by atoms with Gasteiger partial charge in [-0.05, 0) is 97.7 Å². The smallest absolute Gasteiger partial charge is 0.388 e. The van der Waals surface area contributed by atoms with E-state index in [1.807, 2.05) is 0 Å². The molecule has 3 saturated carbocycles. The molecule has 0 spiro atoms. The lowest BCUT2D eigenvalue weighted by atomic mass is 9.47. The molecular formula is C36H65O10P. The first-order valence-electron chi connectivity index (χ1n) is 18.3. The second kappa shape index (κ2) is 17.2. The number of ether oxygens (including phenoxy) is 3. The van der Waals surface area contributed by atoms with Crippen molar-refractivity contribution in [1.82, 2.24) is 0 Å². The van der Waals surface area contributed by atoms with Gasteiger partial charge in [-0.2, -0.15) is 0 Å². The molecule has 0 aliphatic heterocycles. The van der Waals surface area contributed by atoms with E-state index in [-0.39, 0.29) is 44.6 Å². The topological polar surface area (TPSA) is 155 Å². The Morgan fingerprint density at radius 1 is 0.830 bits per heavy atom. The van der Waals surface area contributed by atoms with Crippen LogP contribution in [0, 0.1) is 46.3 Å². The molecular weight excluding hydrogens is 623 g/mol. The molecule has 0 aromatic heterocycles. The molecule has 0 bridgehead atoms. The molecule has 3 fully saturated rings. The van der Waals surface area contributed by atoms with E-state index < -0.39 is 32.7 Å². The maximum Gasteiger partial charge on any atom is 0.469 e. The third-order valence-corrected chi connectivity index (χ3v) is 12.9. The number of phosphoric ester groups is 1. The molecule has 0 radical (unpaired) electrons. The van der Waals surface area contributed by atoms with Gasteiger partial charge in [-0.1, -0.05) is 65.5 Å². The number of allylic oxidation sites excluding steroid dienone is 1. The minimum atomic E-state index is -4.66. The molecule has 10 nitrogen and oxygen atoms in total. The van der Waals surface area contributed by atoms with E-state index in [1.54, 1.807) is 5.57 Å². The maximum atomic E-state index is 10.7. The highest BCUT2D eigenvalue weighted by Crippen LogP contribution is 2.67. The Labute approximate surface area is 283 Å². The van der Waals surface area contributed by atoms with Crippen LogP contribution in [0.25, 0.3) is 0 Å². The Kier molecular flexibility index (Phi) is 14.4. The van der Waals surface area contributed by atoms with Crippen LogP contribution in [0.15, 0.2) is 11.6 Å². The van der Waals surface area contributed by atoms with Gasteiger partial charge in [0.15, 0.2) is 0 Å². The lowest BCUT2D eigenvalue weighted by Crippen LogP contribution is -2.51. The van der Waals surface area contributed by atoms with Crippen molar-refractivity contribution in [3.8, 4) is 0 Å². The van der Waals surface area contributed by atoms with Crippen molar-refractivity contribution >= 4 is 7.82 Å². The summed E-state index contributed by atoms with van der Waals surface area (Å²) in [5, 5.41) is 30.1. The molecule has 0 aromatic rings. The van der Waals surface area contributed by atoms with E-state index in [2.05, 4.69) is 45.2 Å². The number of hydrogen-bond acceptors (Lipinski definition) is 8. The summed E-state index contributed by atoms with van der Waals surface area (Å²) in [7, 11) is -4.66. The molecule has 3 unspecified atom stereocenters. The Morgan fingerprint density at radius 3 is 2.11 bits per heavy atom. The molecule has 47 heavy (non-hydrogen) atoms. The van der Waals surface area contributed by atoms with Crippen molar-refractivity contribution in [3.05, 3.63) is 11.6 Å². The standard InChI is InChI=1S/C36H65O10P/c1-24(2)7-6-8-25(3)32-11-12-33-31-10-9-26-17-30(13-15-35(26,4)34(31)14-16-36(32,33)5)45-22-28(38)20-43-18-27(37)19-44-21-29(39)23-46-47(40,41)42/h9,24-25,27-34,37-39H,6-8,10-23H2,1-5H3,(H2,40,41,42)/t25-,27?,28?,29?,30+,31+,32-,33+,34+,35+,36-/m1/s1. The van der Waals surface area contributed by atoms with Crippen LogP contribution in [0.4, 0.5) is 0 Å². The van der Waals surface area contributed by atoms with Crippen LogP contribution in [-0.2, 0) is 23.3 Å². The second-order valence-corrected chi connectivity index (χ2v) is 17.5. The Hall–Kier alpha value is -0.390. The van der Waals surface area contributed by atoms with Crippen molar-refractivity contribution in [2.75, 3.05) is 39.6 Å². The first kappa shape index (κ1) is 39.4. The van der Waals surface area contributed by atoms with E-state index in [0.717, 1.165) is 54.8 Å². The maximum absolute atomic E-state index is 10.7. The van der Waals surface area contributed by atoms with Gasteiger partial charge in [-0.3, -0.25) is 4.52 Å². The monoisotopic (exact) mass is 688 g/mol. The van der Waals surface area contributed by atoms with Gasteiger partial charge in [0.1, 0.15) is 18.3 Å². The molecule has 11 heteroatoms. The van der Waals surface area contributed by atoms with Crippen molar-refractivity contribution in [1.29, 1.82) is 0 Å². The van der Waals surface area contributed by atoms with Gasteiger partial charge in [0, 0.05) is 0 Å². The highest BCUT2D eigenvalue weighted by atomic mass is 31.2. The number of rotatable bonds is 19. The first-order chi connectivity index (χ1) is 22.1. The van der Waals surface area contributed by atoms with E-state index >= 15 is 0 Å². The Balaban J connectivity index is 1.17. The van der Waals surface area contributed by atoms with Crippen LogP contribution in [0.5, 0.6) is 0 Å². The summed E-state index contributed by atoms with van der Waals surface area (Å²) >= 11 is 0. The molecule has 274 valence electrons. The van der Waals surface area contributed by atoms with Crippen LogP contribution in [0.1, 0.15) is 105 Å². The molecule has 5 N–H and O–H groups in total. The zero-order valence-corrected chi connectivity index (χ0v) is 30.5. The Bertz CT molecular complexity index is 1050. The minimum Gasteiger partial charge on any atom is -0.388 e. The quantitative estimate of drug-likeness (QED) is 0.0851. The van der Waals surface area contributed by atoms with Gasteiger partial charge in [-0.15, -0.1) is 0 Å². The molecule has 0 heterocycles. The van der Waals surface area contributed by atoms with Crippen molar-refractivity contribution < 1.29 is 48.4 Å². The number of phosphoric acid groups is 1. The highest BCUT2D eigenvalue weighted by Gasteiger charge is 2.59. The molecule has 4 rings (SSSR count). The van der Waals surface area contributed by atoms with Gasteiger partial charge in [-0.25, -0.2) is 4.57 Å². The molecule has 0 amide bonds. The Morgan fingerprint density at radius 2 is 1.47 bits per heavy atom. The van der Waals surface area contributed by atoms with Gasteiger partial charge in [0.05, 0.1) is 45.7 Å². The zero-order valence-electron chi connectivity index (χ0n) is 29.6. The molecule has 4 aliphatic carbocycles. The normalized spacial score (nSPS) is 35.0. The fourth-order valence-electron chi connectivity index (χ4n) is 10.0. The van der Waals surface area contributed by atoms with Crippen LogP contribution < -0.4 is 0 Å². The lowest BCUT2D eigenvalue weighted by molar-refractivity contribution is -0.0873. The molecule has 4 aliphatic rings. The number of aliphatic hydroxyl groups is 3. The number of aliphatic hydroxyl groups excluding tert-OH is 3. The van der Waals surface area contributed by atoms with E-state index in [9.17, 15) is 19.9 Å². The van der Waals surface area contributed by atoms with Crippen LogP contribution in [-0.4, -0.2) is 89.2 Å². The number of fused-ring (bicyclic) bond motifs is 5. The lowest BCUT2D eigenvalue weighted by Gasteiger charge is -2.58. The SMILES string of the molecule is CC(C)CCC[C@@H](C)[C@H]1CC[C@H]2[C@@H]3CC=C4C[C@@H](OCC(O)COCC(O)COCC(O)COP(=O)(O)O)CC[C@]4(C)[C@H]3CC[C@]12C. The van der Waals surface area contributed by atoms with E-state index in [1.165, 1.54) is 51.4 Å². The van der Waals surface area contributed by atoms with Gasteiger partial charge in [0.2, 0.25) is 0 Å². The predicted octanol–water partition coefficient (Wildman–Crippen LogP) is 5.64. The highest BCUT2D eigenvalue weighted by molar-refractivity contribution is 7.46. The van der Waals surface area contributed by atoms with Gasteiger partial charge >= 0.3 is 7.82 Å². The van der Waals surface area contributed by atoms with Crippen molar-refractivity contribution in [2.24, 2.45) is 46.3 Å². The summed E-state index contributed by atoms with van der Waals surface area (Å²) in [6.45, 7) is 11.6. The first-order valence-corrected chi connectivity index (χ1v) is 19.9. The summed E-state index contributed by atoms with van der Waals surface area (Å²) < 4.78 is 31.7. The summed E-state index contributed by atoms with van der Waals surface area (Å²) in [6, 6.07) is 0. The fourth-order valence-corrected chi connectivity index (χ4v) is 10.4. The third-order valence-electron chi connectivity index (χ3n) is 12.5. The average molecular weight is 689 g/mol. The fraction of sp³-hybridized carbons (Fsp3) is 0.944. The molecule has 0 saturated heterocycles. The average Bonchev–Trinajstić information content (AvgIpc) is 3.35. The summed E-state index contributed by atoms with van der Waals surface area (Å²) in [5.41, 5.74) is 2.33. The summed E-state index contributed by atoms with van der Waals surface area (Å²) in [5.74, 6) is 4.93. The van der Waals surface area contributed by atoms with Gasteiger partial charge in [0.25, 0.3) is 0 Å². The molecule has 0 aromatic carbocycles. The van der Waals surface area contributed by atoms with Crippen LogP contribution >= 0.6 is 7.82 Å². The largest absolute Gasteiger partial charge is 0.469 e. The summed E-state index contributed by atoms with van der Waals surface area (Å²) in [6.07, 6.45) is 13.6. The van der Waals surface area contributed by atoms with E-state index in [4.69, 9.17) is 24.0 Å². The van der Waals surface area contributed by atoms with Crippen molar-refractivity contribution in [2.45, 2.75) is 130 Å².